The van der Waals surface area contributed by atoms with Crippen LogP contribution in [-0.4, -0.2) is 69.4 Å². The van der Waals surface area contributed by atoms with E-state index in [0.29, 0.717) is 0 Å². The van der Waals surface area contributed by atoms with Gasteiger partial charge in [0.2, 0.25) is 0 Å². The van der Waals surface area contributed by atoms with Gasteiger partial charge in [-0.05, 0) is 51.4 Å². The summed E-state index contributed by atoms with van der Waals surface area (Å²) < 4.78 is 5.50. The van der Waals surface area contributed by atoms with Crippen molar-refractivity contribution in [1.82, 2.24) is 15.5 Å². The van der Waals surface area contributed by atoms with Crippen molar-refractivity contribution in [3.63, 3.8) is 0 Å². The molecule has 1 aromatic rings. The molecular formula is C22H38IN5O. The smallest absolute Gasteiger partial charge is 0.191 e. The summed E-state index contributed by atoms with van der Waals surface area (Å²) >= 11 is 0. The number of morpholine rings is 1. The first kappa shape index (κ1) is 24.2. The molecule has 0 saturated carbocycles. The van der Waals surface area contributed by atoms with Crippen LogP contribution in [0.1, 0.15) is 38.7 Å². The van der Waals surface area contributed by atoms with E-state index in [1.54, 1.807) is 0 Å². The largest absolute Gasteiger partial charge is 0.378 e. The van der Waals surface area contributed by atoms with Gasteiger partial charge in [-0.3, -0.25) is 9.89 Å². The molecule has 7 heteroatoms. The molecule has 0 bridgehead atoms. The summed E-state index contributed by atoms with van der Waals surface area (Å²) in [6.07, 6.45) is 4.00. The minimum absolute atomic E-state index is 0. The second-order valence-electron chi connectivity index (χ2n) is 8.37. The number of likely N-dealkylation sites (tertiary alicyclic amines) is 1. The normalized spacial score (nSPS) is 18.9. The summed E-state index contributed by atoms with van der Waals surface area (Å²) in [5, 5.41) is 7.04. The summed E-state index contributed by atoms with van der Waals surface area (Å²) in [5.74, 6) is 0.863. The first-order valence-corrected chi connectivity index (χ1v) is 10.7. The highest BCUT2D eigenvalue weighted by Crippen LogP contribution is 2.22. The number of aliphatic imine (C=N–C) groups is 1. The molecule has 29 heavy (non-hydrogen) atoms. The highest BCUT2D eigenvalue weighted by Gasteiger charge is 2.27. The van der Waals surface area contributed by atoms with Crippen molar-refractivity contribution in [2.75, 3.05) is 57.9 Å². The Balaban J connectivity index is 0.00000300. The number of ether oxygens (including phenoxy) is 1. The molecule has 2 aliphatic heterocycles. The van der Waals surface area contributed by atoms with Crippen LogP contribution in [0.2, 0.25) is 0 Å². The Morgan fingerprint density at radius 1 is 1.03 bits per heavy atom. The predicted molar refractivity (Wildman–Crippen MR) is 133 cm³/mol. The number of nitrogens with one attached hydrogen (secondary N) is 2. The average Bonchev–Trinajstić information content (AvgIpc) is 2.75. The summed E-state index contributed by atoms with van der Waals surface area (Å²) in [7, 11) is 1.84. The lowest BCUT2D eigenvalue weighted by Gasteiger charge is -2.41. The third kappa shape index (κ3) is 7.00. The van der Waals surface area contributed by atoms with Crippen LogP contribution in [0.5, 0.6) is 0 Å². The molecular weight excluding hydrogens is 477 g/mol. The molecule has 164 valence electrons. The molecule has 1 aromatic carbocycles. The Morgan fingerprint density at radius 3 is 2.41 bits per heavy atom. The second-order valence-corrected chi connectivity index (χ2v) is 8.37. The van der Waals surface area contributed by atoms with Gasteiger partial charge in [0.1, 0.15) is 0 Å². The average molecular weight is 515 g/mol. The summed E-state index contributed by atoms with van der Waals surface area (Å²) in [6.45, 7) is 12.2. The first-order valence-electron chi connectivity index (χ1n) is 10.7. The highest BCUT2D eigenvalue weighted by atomic mass is 127. The van der Waals surface area contributed by atoms with Crippen LogP contribution in [-0.2, 0) is 11.3 Å². The van der Waals surface area contributed by atoms with E-state index < -0.39 is 0 Å². The van der Waals surface area contributed by atoms with Crippen LogP contribution in [0.25, 0.3) is 0 Å². The van der Waals surface area contributed by atoms with Crippen molar-refractivity contribution >= 4 is 35.6 Å². The van der Waals surface area contributed by atoms with Gasteiger partial charge in [0, 0.05) is 44.5 Å². The fourth-order valence-electron chi connectivity index (χ4n) is 4.08. The molecule has 2 N–H and O–H groups in total. The van der Waals surface area contributed by atoms with Crippen molar-refractivity contribution in [2.45, 2.75) is 45.2 Å². The van der Waals surface area contributed by atoms with Gasteiger partial charge in [0.15, 0.2) is 5.96 Å². The van der Waals surface area contributed by atoms with E-state index in [-0.39, 0.29) is 29.5 Å². The number of piperidine rings is 1. The predicted octanol–water partition coefficient (Wildman–Crippen LogP) is 3.07. The fraction of sp³-hybridized carbons (Fsp3) is 0.682. The summed E-state index contributed by atoms with van der Waals surface area (Å²) in [6, 6.07) is 8.62. The maximum Gasteiger partial charge on any atom is 0.191 e. The molecule has 3 rings (SSSR count). The van der Waals surface area contributed by atoms with Crippen LogP contribution in [0.3, 0.4) is 0 Å². The molecule has 2 saturated heterocycles. The molecule has 0 amide bonds. The van der Waals surface area contributed by atoms with Crippen molar-refractivity contribution < 1.29 is 4.74 Å². The lowest BCUT2D eigenvalue weighted by atomic mass is 9.98. The monoisotopic (exact) mass is 515 g/mol. The number of guanidine groups is 1. The van der Waals surface area contributed by atoms with Crippen LogP contribution in [0, 0.1) is 0 Å². The van der Waals surface area contributed by atoms with Crippen molar-refractivity contribution in [1.29, 1.82) is 0 Å². The fourth-order valence-corrected chi connectivity index (χ4v) is 4.08. The highest BCUT2D eigenvalue weighted by molar-refractivity contribution is 14.0. The number of anilines is 1. The zero-order chi connectivity index (χ0) is 19.8. The molecule has 0 aromatic heterocycles. The third-order valence-electron chi connectivity index (χ3n) is 5.91. The van der Waals surface area contributed by atoms with Crippen molar-refractivity contribution in [3.05, 3.63) is 29.8 Å². The van der Waals surface area contributed by atoms with Crippen molar-refractivity contribution in [2.24, 2.45) is 4.99 Å². The maximum atomic E-state index is 5.50. The van der Waals surface area contributed by atoms with Crippen molar-refractivity contribution in [3.8, 4) is 0 Å². The van der Waals surface area contributed by atoms with Gasteiger partial charge in [0.05, 0.1) is 13.2 Å². The van der Waals surface area contributed by atoms with E-state index in [1.807, 2.05) is 7.05 Å². The lowest BCUT2D eigenvalue weighted by molar-refractivity contribution is 0.0982. The van der Waals surface area contributed by atoms with Gasteiger partial charge in [-0.25, -0.2) is 0 Å². The zero-order valence-corrected chi connectivity index (χ0v) is 20.6. The molecule has 0 aliphatic carbocycles. The summed E-state index contributed by atoms with van der Waals surface area (Å²) in [5.41, 5.74) is 2.72. The topological polar surface area (TPSA) is 52.1 Å². The zero-order valence-electron chi connectivity index (χ0n) is 18.2. The Kier molecular flexibility index (Phi) is 9.98. The van der Waals surface area contributed by atoms with Gasteiger partial charge < -0.3 is 20.3 Å². The van der Waals surface area contributed by atoms with E-state index in [0.717, 1.165) is 45.4 Å². The minimum atomic E-state index is 0. The van der Waals surface area contributed by atoms with Gasteiger partial charge in [0.25, 0.3) is 0 Å². The molecule has 0 atom stereocenters. The van der Waals surface area contributed by atoms with E-state index in [1.165, 1.54) is 43.6 Å². The Morgan fingerprint density at radius 2 is 1.72 bits per heavy atom. The summed E-state index contributed by atoms with van der Waals surface area (Å²) in [4.78, 5) is 9.45. The lowest BCUT2D eigenvalue weighted by Crippen LogP contribution is -2.54. The Bertz CT molecular complexity index is 640. The minimum Gasteiger partial charge on any atom is -0.378 e. The van der Waals surface area contributed by atoms with E-state index >= 15 is 0 Å². The van der Waals surface area contributed by atoms with E-state index in [9.17, 15) is 0 Å². The standard InChI is InChI=1S/C22H37N5O.HI/c1-22(2,27-11-7-4-8-12-27)18-25-21(23-3)24-17-19-9-5-6-10-20(19)26-13-15-28-16-14-26;/h5-6,9-10H,4,7-8,11-18H2,1-3H3,(H2,23,24,25);1H. The van der Waals surface area contributed by atoms with Crippen LogP contribution in [0.15, 0.2) is 29.3 Å². The number of hydrogen-bond donors (Lipinski definition) is 2. The third-order valence-corrected chi connectivity index (χ3v) is 5.91. The molecule has 0 unspecified atom stereocenters. The van der Waals surface area contributed by atoms with Crippen LogP contribution >= 0.6 is 24.0 Å². The number of hydrogen-bond acceptors (Lipinski definition) is 4. The number of benzene rings is 1. The van der Waals surface area contributed by atoms with Crippen LogP contribution < -0.4 is 15.5 Å². The SMILES string of the molecule is CN=C(NCc1ccccc1N1CCOCC1)NCC(C)(C)N1CCCCC1.I. The Hall–Kier alpha value is -1.06. The van der Waals surface area contributed by atoms with Crippen LogP contribution in [0.4, 0.5) is 5.69 Å². The molecule has 2 aliphatic rings. The number of nitrogens with zero attached hydrogens (tertiary/aromatic N) is 3. The number of halogens is 1. The first-order chi connectivity index (χ1) is 13.6. The molecule has 2 heterocycles. The van der Waals surface area contributed by atoms with Gasteiger partial charge in [-0.15, -0.1) is 24.0 Å². The van der Waals surface area contributed by atoms with E-state index in [2.05, 4.69) is 63.5 Å². The quantitative estimate of drug-likeness (QED) is 0.347. The molecule has 0 radical (unpaired) electrons. The van der Waals surface area contributed by atoms with Gasteiger partial charge in [-0.1, -0.05) is 24.6 Å². The molecule has 6 nitrogen and oxygen atoms in total. The number of para-hydroxylation sites is 1. The molecule has 0 spiro atoms. The Labute approximate surface area is 193 Å². The van der Waals surface area contributed by atoms with E-state index in [4.69, 9.17) is 4.74 Å². The molecule has 2 fully saturated rings. The van der Waals surface area contributed by atoms with Gasteiger partial charge in [-0.2, -0.15) is 0 Å². The number of rotatable bonds is 6. The van der Waals surface area contributed by atoms with Gasteiger partial charge >= 0.3 is 0 Å². The second kappa shape index (κ2) is 12.0. The maximum absolute atomic E-state index is 5.50.